The van der Waals surface area contributed by atoms with Crippen molar-refractivity contribution in [2.45, 2.75) is 25.9 Å². The largest absolute Gasteiger partial charge is 0.286 e. The van der Waals surface area contributed by atoms with Crippen molar-refractivity contribution in [3.05, 3.63) is 34.1 Å². The van der Waals surface area contributed by atoms with Gasteiger partial charge in [-0.2, -0.15) is 0 Å². The summed E-state index contributed by atoms with van der Waals surface area (Å²) in [5, 5.41) is 0. The lowest BCUT2D eigenvalue weighted by Crippen LogP contribution is -2.39. The van der Waals surface area contributed by atoms with E-state index < -0.39 is 0 Å². The van der Waals surface area contributed by atoms with Crippen molar-refractivity contribution in [1.29, 1.82) is 0 Å². The second-order valence-corrected chi connectivity index (χ2v) is 5.21. The fourth-order valence-corrected chi connectivity index (χ4v) is 1.55. The predicted molar refractivity (Wildman–Crippen MR) is 68.5 cm³/mol. The van der Waals surface area contributed by atoms with Gasteiger partial charge in [-0.25, -0.2) is 4.39 Å². The molecule has 0 aliphatic heterocycles. The van der Waals surface area contributed by atoms with Gasteiger partial charge in [0.05, 0.1) is 5.54 Å². The normalized spacial score (nSPS) is 11.6. The van der Waals surface area contributed by atoms with E-state index in [2.05, 4.69) is 21.9 Å². The Morgan fingerprint density at radius 3 is 2.62 bits per heavy atom. The molecule has 1 aromatic carbocycles. The molecule has 0 fully saturated rings. The minimum atomic E-state index is -0.375. The lowest BCUT2D eigenvalue weighted by molar-refractivity contribution is 0.203. The maximum Gasteiger partial charge on any atom is 0.128 e. The van der Waals surface area contributed by atoms with E-state index in [-0.39, 0.29) is 11.4 Å². The summed E-state index contributed by atoms with van der Waals surface area (Å²) in [6, 6.07) is 5.06. The Morgan fingerprint density at radius 2 is 2.12 bits per heavy atom. The summed E-state index contributed by atoms with van der Waals surface area (Å²) in [5.74, 6) is 2.47. The van der Waals surface area contributed by atoms with Crippen LogP contribution in [0.4, 0.5) is 4.39 Å². The average molecular weight is 284 g/mol. The van der Waals surface area contributed by atoms with Crippen LogP contribution in [0.3, 0.4) is 0 Å². The number of benzene rings is 1. The number of terminal acetylenes is 1. The first-order valence-electron chi connectivity index (χ1n) is 5.00. The van der Waals surface area contributed by atoms with E-state index in [4.69, 9.17) is 6.42 Å². The highest BCUT2D eigenvalue weighted by Gasteiger charge is 2.21. The summed E-state index contributed by atoms with van der Waals surface area (Å²) in [4.78, 5) is 1.94. The quantitative estimate of drug-likeness (QED) is 0.769. The average Bonchev–Trinajstić information content (AvgIpc) is 2.22. The number of rotatable bonds is 3. The molecule has 86 valence electrons. The van der Waals surface area contributed by atoms with E-state index in [1.54, 1.807) is 6.07 Å². The summed E-state index contributed by atoms with van der Waals surface area (Å²) >= 11 is 3.23. The molecule has 0 radical (unpaired) electrons. The molecule has 0 saturated heterocycles. The highest BCUT2D eigenvalue weighted by atomic mass is 79.9. The van der Waals surface area contributed by atoms with E-state index in [0.717, 1.165) is 4.47 Å². The molecule has 0 saturated carbocycles. The van der Waals surface area contributed by atoms with Crippen LogP contribution in [0.1, 0.15) is 19.4 Å². The van der Waals surface area contributed by atoms with Crippen molar-refractivity contribution >= 4 is 15.9 Å². The van der Waals surface area contributed by atoms with Gasteiger partial charge >= 0.3 is 0 Å². The first-order chi connectivity index (χ1) is 7.36. The molecular formula is C13H15BrFN. The molecule has 0 N–H and O–H groups in total. The molecule has 1 aromatic rings. The fourth-order valence-electron chi connectivity index (χ4n) is 1.21. The molecule has 3 heteroatoms. The Morgan fingerprint density at radius 1 is 1.50 bits per heavy atom. The monoisotopic (exact) mass is 283 g/mol. The van der Waals surface area contributed by atoms with E-state index in [9.17, 15) is 4.39 Å². The summed E-state index contributed by atoms with van der Waals surface area (Å²) in [6.45, 7) is 4.36. The number of halogens is 2. The van der Waals surface area contributed by atoms with Gasteiger partial charge in [0.2, 0.25) is 0 Å². The zero-order valence-corrected chi connectivity index (χ0v) is 11.3. The first-order valence-corrected chi connectivity index (χ1v) is 5.79. The van der Waals surface area contributed by atoms with Crippen LogP contribution in [0, 0.1) is 18.2 Å². The Labute approximate surface area is 105 Å². The van der Waals surface area contributed by atoms with Gasteiger partial charge in [0, 0.05) is 16.6 Å². The molecular weight excluding hydrogens is 269 g/mol. The van der Waals surface area contributed by atoms with Gasteiger partial charge in [-0.15, -0.1) is 6.42 Å². The van der Waals surface area contributed by atoms with Gasteiger partial charge in [-0.3, -0.25) is 4.90 Å². The van der Waals surface area contributed by atoms with Crippen LogP contribution in [-0.4, -0.2) is 17.5 Å². The molecule has 0 bridgehead atoms. The highest BCUT2D eigenvalue weighted by Crippen LogP contribution is 2.19. The van der Waals surface area contributed by atoms with Gasteiger partial charge in [-0.1, -0.05) is 27.9 Å². The highest BCUT2D eigenvalue weighted by molar-refractivity contribution is 9.10. The molecule has 0 amide bonds. The minimum Gasteiger partial charge on any atom is -0.286 e. The van der Waals surface area contributed by atoms with E-state index in [0.29, 0.717) is 12.1 Å². The lowest BCUT2D eigenvalue weighted by atomic mass is 10.0. The fraction of sp³-hybridized carbons (Fsp3) is 0.385. The van der Waals surface area contributed by atoms with Gasteiger partial charge in [0.1, 0.15) is 5.82 Å². The summed E-state index contributed by atoms with van der Waals surface area (Å²) in [5.41, 5.74) is 0.272. The predicted octanol–water partition coefficient (Wildman–Crippen LogP) is 3.43. The Kier molecular flexibility index (Phi) is 4.12. The second-order valence-electron chi connectivity index (χ2n) is 4.30. The van der Waals surface area contributed by atoms with E-state index in [1.165, 1.54) is 6.07 Å². The summed E-state index contributed by atoms with van der Waals surface area (Å²) in [7, 11) is 1.89. The van der Waals surface area contributed by atoms with Gasteiger partial charge in [0.15, 0.2) is 0 Å². The second kappa shape index (κ2) is 4.99. The Balaban J connectivity index is 2.86. The topological polar surface area (TPSA) is 3.24 Å². The summed E-state index contributed by atoms with van der Waals surface area (Å²) < 4.78 is 14.3. The molecule has 1 nitrogen and oxygen atoms in total. The molecule has 0 unspecified atom stereocenters. The van der Waals surface area contributed by atoms with Gasteiger partial charge in [0.25, 0.3) is 0 Å². The Bertz CT molecular complexity index is 420. The SMILES string of the molecule is C#CC(C)(C)N(C)Cc1ccc(Br)cc1F. The molecule has 0 spiro atoms. The first kappa shape index (κ1) is 13.2. The molecule has 0 aliphatic rings. The van der Waals surface area contributed by atoms with Crippen LogP contribution < -0.4 is 0 Å². The van der Waals surface area contributed by atoms with Crippen LogP contribution in [-0.2, 0) is 6.54 Å². The number of nitrogens with zero attached hydrogens (tertiary/aromatic N) is 1. The van der Waals surface area contributed by atoms with Crippen LogP contribution in [0.5, 0.6) is 0 Å². The molecule has 0 heterocycles. The van der Waals surface area contributed by atoms with Crippen molar-refractivity contribution in [3.63, 3.8) is 0 Å². The number of hydrogen-bond donors (Lipinski definition) is 0. The van der Waals surface area contributed by atoms with E-state index in [1.807, 2.05) is 31.9 Å². The minimum absolute atomic E-state index is 0.214. The maximum atomic E-state index is 13.6. The molecule has 0 aliphatic carbocycles. The van der Waals surface area contributed by atoms with Crippen molar-refractivity contribution < 1.29 is 4.39 Å². The van der Waals surface area contributed by atoms with Crippen LogP contribution in [0.2, 0.25) is 0 Å². The standard InChI is InChI=1S/C13H15BrFN/c1-5-13(2,3)16(4)9-10-6-7-11(14)8-12(10)15/h1,6-8H,9H2,2-4H3. The van der Waals surface area contributed by atoms with Crippen molar-refractivity contribution in [1.82, 2.24) is 4.90 Å². The molecule has 16 heavy (non-hydrogen) atoms. The van der Waals surface area contributed by atoms with Crippen LogP contribution in [0.25, 0.3) is 0 Å². The zero-order chi connectivity index (χ0) is 12.3. The summed E-state index contributed by atoms with van der Waals surface area (Å²) in [6.07, 6.45) is 5.43. The maximum absolute atomic E-state index is 13.6. The van der Waals surface area contributed by atoms with Crippen molar-refractivity contribution in [3.8, 4) is 12.3 Å². The molecule has 1 rings (SSSR count). The third-order valence-electron chi connectivity index (χ3n) is 2.73. The molecule has 0 atom stereocenters. The zero-order valence-electron chi connectivity index (χ0n) is 9.72. The number of hydrogen-bond acceptors (Lipinski definition) is 1. The van der Waals surface area contributed by atoms with Gasteiger partial charge in [-0.05, 0) is 33.0 Å². The van der Waals surface area contributed by atoms with Crippen LogP contribution >= 0.6 is 15.9 Å². The Hall–Kier alpha value is -0.850. The van der Waals surface area contributed by atoms with Crippen LogP contribution in [0.15, 0.2) is 22.7 Å². The van der Waals surface area contributed by atoms with Gasteiger partial charge < -0.3 is 0 Å². The van der Waals surface area contributed by atoms with Crippen molar-refractivity contribution in [2.24, 2.45) is 0 Å². The molecule has 0 aromatic heterocycles. The smallest absolute Gasteiger partial charge is 0.128 e. The third kappa shape index (κ3) is 3.07. The third-order valence-corrected chi connectivity index (χ3v) is 3.22. The lowest BCUT2D eigenvalue weighted by Gasteiger charge is -2.30. The van der Waals surface area contributed by atoms with E-state index >= 15 is 0 Å². The van der Waals surface area contributed by atoms with Crippen molar-refractivity contribution in [2.75, 3.05) is 7.05 Å².